The van der Waals surface area contributed by atoms with Crippen LogP contribution in [0.2, 0.25) is 0 Å². The molecule has 2 atom stereocenters. The Balaban J connectivity index is 4.31. The van der Waals surface area contributed by atoms with E-state index in [2.05, 4.69) is 44.2 Å². The molecule has 8 heteroatoms. The maximum absolute atomic E-state index is 12.7. The van der Waals surface area contributed by atoms with Gasteiger partial charge in [0.05, 0.1) is 40.3 Å². The van der Waals surface area contributed by atoms with Gasteiger partial charge in [0.1, 0.15) is 12.6 Å². The van der Waals surface area contributed by atoms with E-state index in [1.807, 2.05) is 6.08 Å². The summed E-state index contributed by atoms with van der Waals surface area (Å²) in [5, 5.41) is 11.6. The molecule has 0 saturated heterocycles. The molecule has 51 heavy (non-hydrogen) atoms. The molecule has 0 spiro atoms. The SMILES string of the molecule is CCCCC/C=C/C=C/CCCCCCCCCCCCC(=O)OC(COCCC(C(=O)[O-])[N+](C)(C)C)COC(=O)CC/C=C/CCCCCC. The zero-order valence-electron chi connectivity index (χ0n) is 33.5. The van der Waals surface area contributed by atoms with Crippen LogP contribution in [0.5, 0.6) is 0 Å². The van der Waals surface area contributed by atoms with Crippen molar-refractivity contribution in [3.63, 3.8) is 0 Å². The third-order valence-corrected chi connectivity index (χ3v) is 9.04. The van der Waals surface area contributed by atoms with Gasteiger partial charge in [-0.05, 0) is 51.4 Å². The Labute approximate surface area is 313 Å². The summed E-state index contributed by atoms with van der Waals surface area (Å²) in [6.07, 6.45) is 37.6. The Bertz CT molecular complexity index is 937. The zero-order valence-corrected chi connectivity index (χ0v) is 33.5. The molecule has 0 aromatic rings. The number of hydrogen-bond donors (Lipinski definition) is 0. The molecule has 0 bridgehead atoms. The fraction of sp³-hybridized carbons (Fsp3) is 0.791. The van der Waals surface area contributed by atoms with E-state index in [1.54, 1.807) is 21.1 Å². The van der Waals surface area contributed by atoms with Gasteiger partial charge in [0.25, 0.3) is 0 Å². The van der Waals surface area contributed by atoms with Crippen LogP contribution in [0.1, 0.15) is 168 Å². The van der Waals surface area contributed by atoms with Gasteiger partial charge >= 0.3 is 11.9 Å². The van der Waals surface area contributed by atoms with E-state index in [4.69, 9.17) is 14.2 Å². The minimum Gasteiger partial charge on any atom is -0.544 e. The molecule has 0 rings (SSSR count). The predicted molar refractivity (Wildman–Crippen MR) is 208 cm³/mol. The lowest BCUT2D eigenvalue weighted by Gasteiger charge is -2.34. The van der Waals surface area contributed by atoms with Crippen molar-refractivity contribution in [2.75, 3.05) is 41.0 Å². The third kappa shape index (κ3) is 33.2. The Hall–Kier alpha value is -2.45. The van der Waals surface area contributed by atoms with Crippen molar-refractivity contribution in [2.45, 2.75) is 180 Å². The Morgan fingerprint density at radius 2 is 1.08 bits per heavy atom. The van der Waals surface area contributed by atoms with Crippen LogP contribution < -0.4 is 5.11 Å². The van der Waals surface area contributed by atoms with Gasteiger partial charge in [-0.2, -0.15) is 0 Å². The topological polar surface area (TPSA) is 102 Å². The molecular weight excluding hydrogens is 642 g/mol. The number of esters is 2. The number of hydrogen-bond acceptors (Lipinski definition) is 7. The second-order valence-electron chi connectivity index (χ2n) is 14.9. The van der Waals surface area contributed by atoms with E-state index in [0.29, 0.717) is 12.8 Å². The molecule has 0 N–H and O–H groups in total. The molecule has 0 aliphatic heterocycles. The van der Waals surface area contributed by atoms with Crippen LogP contribution >= 0.6 is 0 Å². The first-order chi connectivity index (χ1) is 24.6. The predicted octanol–water partition coefficient (Wildman–Crippen LogP) is 9.35. The van der Waals surface area contributed by atoms with Crippen LogP contribution in [-0.2, 0) is 28.6 Å². The molecular formula is C43H77NO7. The number of allylic oxidation sites excluding steroid dienone is 6. The van der Waals surface area contributed by atoms with Gasteiger partial charge in [-0.3, -0.25) is 9.59 Å². The fourth-order valence-corrected chi connectivity index (χ4v) is 5.78. The van der Waals surface area contributed by atoms with Crippen LogP contribution in [0, 0.1) is 0 Å². The van der Waals surface area contributed by atoms with Crippen LogP contribution in [-0.4, -0.2) is 75.5 Å². The van der Waals surface area contributed by atoms with Gasteiger partial charge in [-0.1, -0.05) is 134 Å². The standard InChI is InChI=1S/C43H77NO7/c1-6-8-10-12-14-16-17-18-19-20-21-22-23-24-25-26-28-30-32-34-42(46)51-39(37-49-36-35-40(43(47)48)44(3,4)5)38-50-41(45)33-31-29-27-15-13-11-9-7-2/h14,16-18,27,29,39-40H,6-13,15,19-26,28,30-38H2,1-5H3/b16-14+,18-17+,29-27+. The maximum atomic E-state index is 12.7. The van der Waals surface area contributed by atoms with Gasteiger partial charge in [0.2, 0.25) is 0 Å². The lowest BCUT2D eigenvalue weighted by Crippen LogP contribution is -2.55. The number of unbranched alkanes of at least 4 members (excludes halogenated alkanes) is 17. The normalized spacial score (nSPS) is 13.4. The first kappa shape index (κ1) is 48.5. The highest BCUT2D eigenvalue weighted by molar-refractivity contribution is 5.70. The minimum absolute atomic E-state index is 0.0286. The lowest BCUT2D eigenvalue weighted by atomic mass is 10.1. The van der Waals surface area contributed by atoms with E-state index in [0.717, 1.165) is 32.1 Å². The molecule has 8 nitrogen and oxygen atoms in total. The number of nitrogens with zero attached hydrogens (tertiary/aromatic N) is 1. The smallest absolute Gasteiger partial charge is 0.306 e. The summed E-state index contributed by atoms with van der Waals surface area (Å²) in [4.78, 5) is 36.6. The van der Waals surface area contributed by atoms with Gasteiger partial charge in [-0.15, -0.1) is 0 Å². The number of carbonyl (C=O) groups is 3. The summed E-state index contributed by atoms with van der Waals surface area (Å²) < 4.78 is 17.0. The third-order valence-electron chi connectivity index (χ3n) is 9.04. The maximum Gasteiger partial charge on any atom is 0.306 e. The number of ether oxygens (including phenoxy) is 3. The molecule has 0 aliphatic carbocycles. The number of aliphatic carboxylic acids is 1. The van der Waals surface area contributed by atoms with E-state index >= 15 is 0 Å². The number of carbonyl (C=O) groups excluding carboxylic acids is 3. The van der Waals surface area contributed by atoms with Crippen molar-refractivity contribution in [3.8, 4) is 0 Å². The molecule has 0 aromatic carbocycles. The Morgan fingerprint density at radius 1 is 0.588 bits per heavy atom. The van der Waals surface area contributed by atoms with Crippen LogP contribution in [0.15, 0.2) is 36.5 Å². The van der Waals surface area contributed by atoms with Gasteiger partial charge in [-0.25, -0.2) is 0 Å². The quantitative estimate of drug-likeness (QED) is 0.0209. The number of carboxylic acids is 1. The van der Waals surface area contributed by atoms with E-state index in [-0.39, 0.29) is 49.1 Å². The summed E-state index contributed by atoms with van der Waals surface area (Å²) in [7, 11) is 5.38. The molecule has 296 valence electrons. The molecule has 2 unspecified atom stereocenters. The van der Waals surface area contributed by atoms with Gasteiger partial charge < -0.3 is 28.6 Å². The van der Waals surface area contributed by atoms with E-state index < -0.39 is 18.1 Å². The highest BCUT2D eigenvalue weighted by Gasteiger charge is 2.25. The molecule has 0 aromatic heterocycles. The summed E-state index contributed by atoms with van der Waals surface area (Å²) in [5.74, 6) is -1.81. The van der Waals surface area contributed by atoms with Crippen molar-refractivity contribution < 1.29 is 38.2 Å². The summed E-state index contributed by atoms with van der Waals surface area (Å²) in [6, 6.07) is -0.728. The largest absolute Gasteiger partial charge is 0.544 e. The summed E-state index contributed by atoms with van der Waals surface area (Å²) in [5.41, 5.74) is 0. The van der Waals surface area contributed by atoms with Gasteiger partial charge in [0, 0.05) is 19.3 Å². The van der Waals surface area contributed by atoms with Crippen LogP contribution in [0.3, 0.4) is 0 Å². The fourth-order valence-electron chi connectivity index (χ4n) is 5.78. The molecule has 0 saturated carbocycles. The number of carboxylic acid groups (broad SMARTS) is 1. The van der Waals surface area contributed by atoms with Gasteiger partial charge in [0.15, 0.2) is 6.10 Å². The molecule has 0 amide bonds. The second kappa shape index (κ2) is 34.6. The number of rotatable bonds is 36. The van der Waals surface area contributed by atoms with E-state index in [1.165, 1.54) is 96.3 Å². The monoisotopic (exact) mass is 720 g/mol. The highest BCUT2D eigenvalue weighted by atomic mass is 16.6. The molecule has 0 aliphatic rings. The second-order valence-corrected chi connectivity index (χ2v) is 14.9. The highest BCUT2D eigenvalue weighted by Crippen LogP contribution is 2.14. The zero-order chi connectivity index (χ0) is 37.8. The molecule has 0 radical (unpaired) electrons. The number of quaternary nitrogens is 1. The van der Waals surface area contributed by atoms with Crippen LogP contribution in [0.4, 0.5) is 0 Å². The molecule has 0 heterocycles. The first-order valence-corrected chi connectivity index (χ1v) is 20.5. The summed E-state index contributed by atoms with van der Waals surface area (Å²) in [6.45, 7) is 4.53. The van der Waals surface area contributed by atoms with E-state index in [9.17, 15) is 19.5 Å². The van der Waals surface area contributed by atoms with Crippen molar-refractivity contribution in [2.24, 2.45) is 0 Å². The van der Waals surface area contributed by atoms with Crippen molar-refractivity contribution in [1.82, 2.24) is 0 Å². The van der Waals surface area contributed by atoms with Crippen molar-refractivity contribution in [1.29, 1.82) is 0 Å². The minimum atomic E-state index is -1.13. The average Bonchev–Trinajstić information content (AvgIpc) is 3.08. The number of likely N-dealkylation sites (N-methyl/N-ethyl adjacent to an activating group) is 1. The van der Waals surface area contributed by atoms with Crippen LogP contribution in [0.25, 0.3) is 0 Å². The van der Waals surface area contributed by atoms with Crippen molar-refractivity contribution >= 4 is 17.9 Å². The van der Waals surface area contributed by atoms with Crippen molar-refractivity contribution in [3.05, 3.63) is 36.5 Å². The average molecular weight is 720 g/mol. The molecule has 0 fully saturated rings. The Morgan fingerprint density at radius 3 is 1.65 bits per heavy atom. The Kier molecular flexibility index (Phi) is 33.0. The summed E-state index contributed by atoms with van der Waals surface area (Å²) >= 11 is 0. The lowest BCUT2D eigenvalue weighted by molar-refractivity contribution is -0.889. The first-order valence-electron chi connectivity index (χ1n) is 20.5.